The van der Waals surface area contributed by atoms with Crippen LogP contribution in [-0.2, 0) is 14.3 Å². The fourth-order valence-electron chi connectivity index (χ4n) is 1.37. The lowest BCUT2D eigenvalue weighted by Crippen LogP contribution is -2.22. The number of benzene rings is 1. The summed E-state index contributed by atoms with van der Waals surface area (Å²) in [4.78, 5) is 11.4. The molecule has 1 aromatic carbocycles. The minimum atomic E-state index is -0.389. The number of nitrogens with two attached hydrogens (primary N) is 1. The molecular formula is C15H21NO3. The Labute approximate surface area is 114 Å². The van der Waals surface area contributed by atoms with Gasteiger partial charge >= 0.3 is 5.97 Å². The van der Waals surface area contributed by atoms with Gasteiger partial charge in [-0.1, -0.05) is 12.1 Å². The van der Waals surface area contributed by atoms with E-state index in [1.54, 1.807) is 18.2 Å². The van der Waals surface area contributed by atoms with Crippen molar-refractivity contribution in [3.63, 3.8) is 0 Å². The van der Waals surface area contributed by atoms with Gasteiger partial charge in [0.1, 0.15) is 6.61 Å². The van der Waals surface area contributed by atoms with Crippen molar-refractivity contribution in [1.82, 2.24) is 0 Å². The normalized spacial score (nSPS) is 11.7. The Morgan fingerprint density at radius 1 is 1.32 bits per heavy atom. The van der Waals surface area contributed by atoms with Crippen molar-refractivity contribution in [3.05, 3.63) is 35.9 Å². The lowest BCUT2D eigenvalue weighted by atomic mass is 10.2. The average Bonchev–Trinajstić information content (AvgIpc) is 2.31. The lowest BCUT2D eigenvalue weighted by molar-refractivity contribution is -0.140. The number of carbonyl (C=O) groups excluding carboxylic acids is 1. The summed E-state index contributed by atoms with van der Waals surface area (Å²) < 4.78 is 10.4. The summed E-state index contributed by atoms with van der Waals surface area (Å²) in [6, 6.07) is 7.27. The van der Waals surface area contributed by atoms with Crippen LogP contribution < -0.4 is 5.73 Å². The molecule has 0 fully saturated rings. The van der Waals surface area contributed by atoms with Gasteiger partial charge in [0.05, 0.1) is 12.2 Å². The number of esters is 1. The first-order valence-corrected chi connectivity index (χ1v) is 6.21. The number of ether oxygens (including phenoxy) is 2. The Bertz CT molecular complexity index is 447. The minimum absolute atomic E-state index is 0.218. The number of carbonyl (C=O) groups is 1. The third kappa shape index (κ3) is 7.26. The molecule has 1 aromatic rings. The molecule has 0 bridgehead atoms. The molecule has 0 spiro atoms. The molecule has 0 saturated carbocycles. The first-order chi connectivity index (χ1) is 8.87. The van der Waals surface area contributed by atoms with Crippen molar-refractivity contribution < 1.29 is 14.3 Å². The highest BCUT2D eigenvalue weighted by molar-refractivity contribution is 5.87. The topological polar surface area (TPSA) is 61.5 Å². The standard InChI is InChI=1S/C15H21NO3/c1-15(2,3)19-10-9-18-14(17)8-7-12-5-4-6-13(16)11-12/h4-8,11H,9-10,16H2,1-3H3/b8-7+. The predicted octanol–water partition coefficient (Wildman–Crippen LogP) is 2.64. The molecule has 2 N–H and O–H groups in total. The third-order valence-corrected chi connectivity index (χ3v) is 2.19. The van der Waals surface area contributed by atoms with Crippen LogP contribution in [0, 0.1) is 0 Å². The number of rotatable bonds is 5. The zero-order valence-electron chi connectivity index (χ0n) is 11.7. The quantitative estimate of drug-likeness (QED) is 0.384. The maximum absolute atomic E-state index is 11.4. The van der Waals surface area contributed by atoms with E-state index in [0.717, 1.165) is 5.56 Å². The fraction of sp³-hybridized carbons (Fsp3) is 0.400. The molecule has 1 rings (SSSR count). The van der Waals surface area contributed by atoms with E-state index in [9.17, 15) is 4.79 Å². The molecule has 104 valence electrons. The fourth-order valence-corrected chi connectivity index (χ4v) is 1.37. The maximum atomic E-state index is 11.4. The zero-order valence-corrected chi connectivity index (χ0v) is 11.7. The van der Waals surface area contributed by atoms with Gasteiger partial charge in [0.25, 0.3) is 0 Å². The summed E-state index contributed by atoms with van der Waals surface area (Å²) in [5.41, 5.74) is 6.94. The van der Waals surface area contributed by atoms with Crippen LogP contribution >= 0.6 is 0 Å². The van der Waals surface area contributed by atoms with Crippen LogP contribution in [0.3, 0.4) is 0 Å². The van der Waals surface area contributed by atoms with Gasteiger partial charge in [-0.25, -0.2) is 4.79 Å². The van der Waals surface area contributed by atoms with E-state index in [1.165, 1.54) is 6.08 Å². The van der Waals surface area contributed by atoms with Crippen molar-refractivity contribution in [2.24, 2.45) is 0 Å². The average molecular weight is 263 g/mol. The van der Waals surface area contributed by atoms with E-state index in [-0.39, 0.29) is 18.2 Å². The lowest BCUT2D eigenvalue weighted by Gasteiger charge is -2.18. The molecule has 4 nitrogen and oxygen atoms in total. The second-order valence-electron chi connectivity index (χ2n) is 5.13. The molecule has 0 heterocycles. The van der Waals surface area contributed by atoms with Crippen molar-refractivity contribution in [2.75, 3.05) is 18.9 Å². The summed E-state index contributed by atoms with van der Waals surface area (Å²) in [6.45, 7) is 6.50. The summed E-state index contributed by atoms with van der Waals surface area (Å²) in [6.07, 6.45) is 3.05. The molecule has 0 aliphatic carbocycles. The first kappa shape index (κ1) is 15.2. The molecule has 0 saturated heterocycles. The van der Waals surface area contributed by atoms with E-state index >= 15 is 0 Å². The number of hydrogen-bond donors (Lipinski definition) is 1. The van der Waals surface area contributed by atoms with E-state index in [0.29, 0.717) is 12.3 Å². The summed E-state index contributed by atoms with van der Waals surface area (Å²) >= 11 is 0. The molecule has 0 atom stereocenters. The van der Waals surface area contributed by atoms with Crippen LogP contribution in [-0.4, -0.2) is 24.8 Å². The van der Waals surface area contributed by atoms with Gasteiger partial charge in [-0.15, -0.1) is 0 Å². The largest absolute Gasteiger partial charge is 0.460 e. The van der Waals surface area contributed by atoms with E-state index < -0.39 is 0 Å². The van der Waals surface area contributed by atoms with Crippen LogP contribution in [0.25, 0.3) is 6.08 Å². The van der Waals surface area contributed by atoms with Gasteiger partial charge < -0.3 is 15.2 Å². The molecule has 0 aromatic heterocycles. The Morgan fingerprint density at radius 3 is 2.68 bits per heavy atom. The van der Waals surface area contributed by atoms with Crippen LogP contribution in [0.15, 0.2) is 30.3 Å². The van der Waals surface area contributed by atoms with Crippen molar-refractivity contribution in [2.45, 2.75) is 26.4 Å². The van der Waals surface area contributed by atoms with Crippen molar-refractivity contribution in [3.8, 4) is 0 Å². The molecule has 0 radical (unpaired) electrons. The van der Waals surface area contributed by atoms with Crippen LogP contribution in [0.1, 0.15) is 26.3 Å². The smallest absolute Gasteiger partial charge is 0.330 e. The van der Waals surface area contributed by atoms with Gasteiger partial charge in [0.2, 0.25) is 0 Å². The molecule has 0 unspecified atom stereocenters. The van der Waals surface area contributed by atoms with Gasteiger partial charge in [-0.3, -0.25) is 0 Å². The molecule has 4 heteroatoms. The summed E-state index contributed by atoms with van der Waals surface area (Å²) in [7, 11) is 0. The highest BCUT2D eigenvalue weighted by Gasteiger charge is 2.09. The Kier molecular flexibility index (Phi) is 5.57. The maximum Gasteiger partial charge on any atom is 0.330 e. The number of nitrogen functional groups attached to an aromatic ring is 1. The Morgan fingerprint density at radius 2 is 2.05 bits per heavy atom. The van der Waals surface area contributed by atoms with Crippen LogP contribution in [0.2, 0.25) is 0 Å². The molecular weight excluding hydrogens is 242 g/mol. The van der Waals surface area contributed by atoms with Crippen molar-refractivity contribution >= 4 is 17.7 Å². The summed E-state index contributed by atoms with van der Waals surface area (Å²) in [5, 5.41) is 0. The minimum Gasteiger partial charge on any atom is -0.460 e. The SMILES string of the molecule is CC(C)(C)OCCOC(=O)/C=C/c1cccc(N)c1. The molecule has 19 heavy (non-hydrogen) atoms. The van der Waals surface area contributed by atoms with Gasteiger partial charge in [-0.05, 0) is 44.5 Å². The van der Waals surface area contributed by atoms with Crippen molar-refractivity contribution in [1.29, 1.82) is 0 Å². The van der Waals surface area contributed by atoms with Crippen LogP contribution in [0.5, 0.6) is 0 Å². The number of hydrogen-bond acceptors (Lipinski definition) is 4. The molecule has 0 aliphatic heterocycles. The van der Waals surface area contributed by atoms with Gasteiger partial charge in [-0.2, -0.15) is 0 Å². The highest BCUT2D eigenvalue weighted by atomic mass is 16.6. The van der Waals surface area contributed by atoms with E-state index in [2.05, 4.69) is 0 Å². The Hall–Kier alpha value is -1.81. The first-order valence-electron chi connectivity index (χ1n) is 6.21. The zero-order chi connectivity index (χ0) is 14.3. The third-order valence-electron chi connectivity index (χ3n) is 2.19. The molecule has 0 aliphatic rings. The summed E-state index contributed by atoms with van der Waals surface area (Å²) in [5.74, 6) is -0.389. The highest BCUT2D eigenvalue weighted by Crippen LogP contribution is 2.08. The number of anilines is 1. The van der Waals surface area contributed by atoms with E-state index in [1.807, 2.05) is 32.9 Å². The Balaban J connectivity index is 2.31. The second kappa shape index (κ2) is 6.95. The second-order valence-corrected chi connectivity index (χ2v) is 5.13. The van der Waals surface area contributed by atoms with E-state index in [4.69, 9.17) is 15.2 Å². The van der Waals surface area contributed by atoms with Gasteiger partial charge in [0, 0.05) is 11.8 Å². The predicted molar refractivity (Wildman–Crippen MR) is 76.6 cm³/mol. The van der Waals surface area contributed by atoms with Crippen LogP contribution in [0.4, 0.5) is 5.69 Å². The monoisotopic (exact) mass is 263 g/mol. The molecule has 0 amide bonds. The van der Waals surface area contributed by atoms with Gasteiger partial charge in [0.15, 0.2) is 0 Å².